The highest BCUT2D eigenvalue weighted by atomic mass is 16.5. The number of hydrogen-bond donors (Lipinski definition) is 1. The quantitative estimate of drug-likeness (QED) is 0.871. The number of rotatable bonds is 3. The summed E-state index contributed by atoms with van der Waals surface area (Å²) in [5, 5.41) is 8.87. The van der Waals surface area contributed by atoms with Gasteiger partial charge in [0.15, 0.2) is 0 Å². The van der Waals surface area contributed by atoms with Gasteiger partial charge in [-0.05, 0) is 24.6 Å². The molecule has 0 heterocycles. The Morgan fingerprint density at radius 1 is 1.41 bits per heavy atom. The van der Waals surface area contributed by atoms with E-state index in [4.69, 9.17) is 15.7 Å². The Labute approximate surface area is 103 Å². The number of hydrogen-bond acceptors (Lipinski definition) is 3. The van der Waals surface area contributed by atoms with Crippen LogP contribution in [-0.4, -0.2) is 12.6 Å². The van der Waals surface area contributed by atoms with Crippen molar-refractivity contribution in [3.63, 3.8) is 0 Å². The van der Waals surface area contributed by atoms with Crippen molar-refractivity contribution in [2.24, 2.45) is 11.1 Å². The molecular weight excluding hydrogens is 212 g/mol. The molecule has 0 radical (unpaired) electrons. The Morgan fingerprint density at radius 3 is 2.53 bits per heavy atom. The van der Waals surface area contributed by atoms with Crippen molar-refractivity contribution in [3.05, 3.63) is 29.3 Å². The largest absolute Gasteiger partial charge is 0.488 e. The molecule has 1 unspecified atom stereocenters. The Kier molecular flexibility index (Phi) is 4.14. The average molecular weight is 232 g/mol. The van der Waals surface area contributed by atoms with Crippen LogP contribution in [0.25, 0.3) is 0 Å². The standard InChI is InChI=1S/C14H20N2O/c1-10-5-6-11(8-15)7-12(10)17-13(9-16)14(2,3)4/h5-7,13H,9,16H2,1-4H3. The minimum absolute atomic E-state index is 0.0240. The smallest absolute Gasteiger partial charge is 0.124 e. The van der Waals surface area contributed by atoms with Gasteiger partial charge in [0.2, 0.25) is 0 Å². The zero-order valence-corrected chi connectivity index (χ0v) is 10.9. The number of nitrogens with two attached hydrogens (primary N) is 1. The fraction of sp³-hybridized carbons (Fsp3) is 0.500. The topological polar surface area (TPSA) is 59.0 Å². The summed E-state index contributed by atoms with van der Waals surface area (Å²) in [4.78, 5) is 0. The van der Waals surface area contributed by atoms with E-state index in [0.29, 0.717) is 12.1 Å². The van der Waals surface area contributed by atoms with Gasteiger partial charge in [0.05, 0.1) is 11.6 Å². The Balaban J connectivity index is 2.98. The van der Waals surface area contributed by atoms with Crippen LogP contribution >= 0.6 is 0 Å². The first-order chi connectivity index (χ1) is 7.88. The number of nitrogens with zero attached hydrogens (tertiary/aromatic N) is 1. The van der Waals surface area contributed by atoms with Crippen molar-refractivity contribution >= 4 is 0 Å². The second-order valence-corrected chi connectivity index (χ2v) is 5.30. The summed E-state index contributed by atoms with van der Waals surface area (Å²) in [7, 11) is 0. The van der Waals surface area contributed by atoms with Gasteiger partial charge in [0.1, 0.15) is 11.9 Å². The van der Waals surface area contributed by atoms with Crippen molar-refractivity contribution < 1.29 is 4.74 Å². The van der Waals surface area contributed by atoms with E-state index >= 15 is 0 Å². The summed E-state index contributed by atoms with van der Waals surface area (Å²) in [6.07, 6.45) is -0.0601. The minimum atomic E-state index is -0.0601. The van der Waals surface area contributed by atoms with Gasteiger partial charge in [0.25, 0.3) is 0 Å². The van der Waals surface area contributed by atoms with Gasteiger partial charge in [-0.2, -0.15) is 5.26 Å². The maximum absolute atomic E-state index is 8.87. The van der Waals surface area contributed by atoms with E-state index in [1.807, 2.05) is 13.0 Å². The van der Waals surface area contributed by atoms with Crippen LogP contribution < -0.4 is 10.5 Å². The molecule has 0 aromatic heterocycles. The molecular formula is C14H20N2O. The van der Waals surface area contributed by atoms with Crippen LogP contribution in [0.2, 0.25) is 0 Å². The Morgan fingerprint density at radius 2 is 2.06 bits per heavy atom. The predicted octanol–water partition coefficient (Wildman–Crippen LogP) is 2.62. The normalized spacial score (nSPS) is 12.9. The number of nitriles is 1. The van der Waals surface area contributed by atoms with E-state index in [1.54, 1.807) is 12.1 Å². The van der Waals surface area contributed by atoms with Crippen LogP contribution in [0.3, 0.4) is 0 Å². The molecule has 0 saturated carbocycles. The van der Waals surface area contributed by atoms with Gasteiger partial charge in [-0.25, -0.2) is 0 Å². The maximum Gasteiger partial charge on any atom is 0.124 e. The molecule has 0 aliphatic heterocycles. The monoisotopic (exact) mass is 232 g/mol. The highest BCUT2D eigenvalue weighted by molar-refractivity contribution is 5.41. The SMILES string of the molecule is Cc1ccc(C#N)cc1OC(CN)C(C)(C)C. The van der Waals surface area contributed by atoms with Crippen LogP contribution in [0.15, 0.2) is 18.2 Å². The predicted molar refractivity (Wildman–Crippen MR) is 68.8 cm³/mol. The first kappa shape index (κ1) is 13.5. The average Bonchev–Trinajstić information content (AvgIpc) is 2.26. The van der Waals surface area contributed by atoms with Crippen molar-refractivity contribution in [1.82, 2.24) is 0 Å². The molecule has 0 aliphatic rings. The fourth-order valence-corrected chi connectivity index (χ4v) is 1.53. The summed E-state index contributed by atoms with van der Waals surface area (Å²) in [5.74, 6) is 0.745. The highest BCUT2D eigenvalue weighted by Gasteiger charge is 2.25. The third-order valence-electron chi connectivity index (χ3n) is 2.77. The molecule has 1 rings (SSSR count). The lowest BCUT2D eigenvalue weighted by molar-refractivity contribution is 0.0934. The van der Waals surface area contributed by atoms with E-state index in [1.165, 1.54) is 0 Å². The van der Waals surface area contributed by atoms with Gasteiger partial charge < -0.3 is 10.5 Å². The molecule has 0 aliphatic carbocycles. The van der Waals surface area contributed by atoms with Crippen molar-refractivity contribution in [1.29, 1.82) is 5.26 Å². The highest BCUT2D eigenvalue weighted by Crippen LogP contribution is 2.27. The summed E-state index contributed by atoms with van der Waals surface area (Å²) < 4.78 is 5.93. The summed E-state index contributed by atoms with van der Waals surface area (Å²) in [6, 6.07) is 7.56. The molecule has 0 saturated heterocycles. The first-order valence-electron chi connectivity index (χ1n) is 5.76. The fourth-order valence-electron chi connectivity index (χ4n) is 1.53. The Hall–Kier alpha value is -1.53. The van der Waals surface area contributed by atoms with Crippen LogP contribution in [0, 0.1) is 23.7 Å². The third kappa shape index (κ3) is 3.47. The maximum atomic E-state index is 8.87. The number of benzene rings is 1. The minimum Gasteiger partial charge on any atom is -0.488 e. The van der Waals surface area contributed by atoms with Crippen molar-refractivity contribution in [2.45, 2.75) is 33.8 Å². The van der Waals surface area contributed by atoms with E-state index in [-0.39, 0.29) is 11.5 Å². The second-order valence-electron chi connectivity index (χ2n) is 5.30. The molecule has 0 amide bonds. The number of ether oxygens (including phenoxy) is 1. The summed E-state index contributed by atoms with van der Waals surface area (Å²) in [6.45, 7) is 8.70. The molecule has 0 bridgehead atoms. The van der Waals surface area contributed by atoms with E-state index < -0.39 is 0 Å². The summed E-state index contributed by atoms with van der Waals surface area (Å²) in [5.41, 5.74) is 7.34. The molecule has 3 heteroatoms. The lowest BCUT2D eigenvalue weighted by Crippen LogP contribution is -2.38. The van der Waals surface area contributed by atoms with Crippen LogP contribution in [0.5, 0.6) is 5.75 Å². The third-order valence-corrected chi connectivity index (χ3v) is 2.77. The molecule has 2 N–H and O–H groups in total. The van der Waals surface area contributed by atoms with E-state index in [0.717, 1.165) is 11.3 Å². The molecule has 0 spiro atoms. The van der Waals surface area contributed by atoms with Crippen LogP contribution in [0.4, 0.5) is 0 Å². The Bertz CT molecular complexity index is 427. The van der Waals surface area contributed by atoms with Gasteiger partial charge in [-0.1, -0.05) is 26.8 Å². The molecule has 1 aromatic carbocycles. The zero-order chi connectivity index (χ0) is 13.1. The second kappa shape index (κ2) is 5.20. The van der Waals surface area contributed by atoms with Gasteiger partial charge in [-0.3, -0.25) is 0 Å². The molecule has 17 heavy (non-hydrogen) atoms. The van der Waals surface area contributed by atoms with Crippen LogP contribution in [0.1, 0.15) is 31.9 Å². The van der Waals surface area contributed by atoms with Gasteiger partial charge in [0, 0.05) is 12.0 Å². The molecule has 1 atom stereocenters. The van der Waals surface area contributed by atoms with Crippen molar-refractivity contribution in [2.75, 3.05) is 6.54 Å². The van der Waals surface area contributed by atoms with Crippen LogP contribution in [-0.2, 0) is 0 Å². The van der Waals surface area contributed by atoms with Gasteiger partial charge in [-0.15, -0.1) is 0 Å². The van der Waals surface area contributed by atoms with E-state index in [2.05, 4.69) is 26.8 Å². The van der Waals surface area contributed by atoms with E-state index in [9.17, 15) is 0 Å². The lowest BCUT2D eigenvalue weighted by Gasteiger charge is -2.30. The molecule has 3 nitrogen and oxygen atoms in total. The van der Waals surface area contributed by atoms with Crippen molar-refractivity contribution in [3.8, 4) is 11.8 Å². The lowest BCUT2D eigenvalue weighted by atomic mass is 9.89. The first-order valence-corrected chi connectivity index (χ1v) is 5.76. The number of aryl methyl sites for hydroxylation is 1. The molecule has 1 aromatic rings. The molecule has 92 valence electrons. The summed E-state index contributed by atoms with van der Waals surface area (Å²) >= 11 is 0. The van der Waals surface area contributed by atoms with Gasteiger partial charge >= 0.3 is 0 Å². The molecule has 0 fully saturated rings. The zero-order valence-electron chi connectivity index (χ0n) is 10.9.